The number of hydrazine groups is 1. The first-order valence-electron chi connectivity index (χ1n) is 16.1. The molecule has 4 amide bonds. The van der Waals surface area contributed by atoms with Gasteiger partial charge in [-0.15, -0.1) is 0 Å². The van der Waals surface area contributed by atoms with Crippen molar-refractivity contribution in [3.8, 4) is 11.5 Å². The highest BCUT2D eigenvalue weighted by atomic mass is 16.5. The maximum absolute atomic E-state index is 15.1. The molecule has 4 aliphatic rings. The average molecular weight is 634 g/mol. The molecule has 6 atom stereocenters. The number of hydrogen-bond donors (Lipinski definition) is 2. The summed E-state index contributed by atoms with van der Waals surface area (Å²) in [5, 5.41) is 12.7. The molecule has 0 bridgehead atoms. The standard InChI is InChI=1S/C38H39N3O6/c1-21-11-13-23(14-12-21)39-41-34(44)29-20-28-25(17-18-27-31(28)35(45)40(33(27)43)37(2,3)4)32(26-16-15-24(47-5)19-30(26)42)38(29,36(41)46)22-9-7-6-8-10-22/h6-17,19,27-29,31-32,39,42H,18,20H2,1-5H3/t27-,28+,29-,31-,32+,38+/m0/s1. The molecular formula is C38H39N3O6. The van der Waals surface area contributed by atoms with Crippen LogP contribution in [0.4, 0.5) is 5.69 Å². The van der Waals surface area contributed by atoms with E-state index in [2.05, 4.69) is 5.43 Å². The number of aromatic hydroxyl groups is 1. The molecule has 2 aliphatic heterocycles. The predicted molar refractivity (Wildman–Crippen MR) is 175 cm³/mol. The van der Waals surface area contributed by atoms with Crippen molar-refractivity contribution >= 4 is 29.3 Å². The van der Waals surface area contributed by atoms with Crippen molar-refractivity contribution in [2.24, 2.45) is 23.7 Å². The van der Waals surface area contributed by atoms with Gasteiger partial charge in [0, 0.05) is 23.1 Å². The monoisotopic (exact) mass is 633 g/mol. The second-order valence-electron chi connectivity index (χ2n) is 14.2. The first kappa shape index (κ1) is 30.7. The number of hydrogen-bond acceptors (Lipinski definition) is 7. The van der Waals surface area contributed by atoms with Crippen molar-refractivity contribution in [1.82, 2.24) is 9.91 Å². The Morgan fingerprint density at radius 2 is 1.60 bits per heavy atom. The summed E-state index contributed by atoms with van der Waals surface area (Å²) in [5.41, 5.74) is 4.44. The van der Waals surface area contributed by atoms with E-state index in [0.717, 1.165) is 16.1 Å². The van der Waals surface area contributed by atoms with Crippen LogP contribution in [0.5, 0.6) is 11.5 Å². The quantitative estimate of drug-likeness (QED) is 0.282. The fourth-order valence-electron chi connectivity index (χ4n) is 8.65. The molecule has 47 heavy (non-hydrogen) atoms. The van der Waals surface area contributed by atoms with E-state index in [0.29, 0.717) is 29.0 Å². The summed E-state index contributed by atoms with van der Waals surface area (Å²) in [5.74, 6) is -4.39. The summed E-state index contributed by atoms with van der Waals surface area (Å²) < 4.78 is 5.40. The van der Waals surface area contributed by atoms with Crippen molar-refractivity contribution < 1.29 is 29.0 Å². The second kappa shape index (κ2) is 10.8. The van der Waals surface area contributed by atoms with E-state index in [9.17, 15) is 19.5 Å². The van der Waals surface area contributed by atoms with Crippen LogP contribution in [0, 0.1) is 30.6 Å². The lowest BCUT2D eigenvalue weighted by molar-refractivity contribution is -0.146. The highest BCUT2D eigenvalue weighted by Gasteiger charge is 2.70. The molecule has 9 nitrogen and oxygen atoms in total. The molecule has 2 N–H and O–H groups in total. The van der Waals surface area contributed by atoms with Gasteiger partial charge >= 0.3 is 0 Å². The number of nitrogens with one attached hydrogen (secondary N) is 1. The van der Waals surface area contributed by atoms with Crippen molar-refractivity contribution in [3.05, 3.63) is 101 Å². The number of phenolic OH excluding ortho intramolecular Hbond substituents is 1. The van der Waals surface area contributed by atoms with Crippen LogP contribution in [-0.2, 0) is 24.6 Å². The van der Waals surface area contributed by atoms with Crippen LogP contribution in [0.2, 0.25) is 0 Å². The number of fused-ring (bicyclic) bond motifs is 4. The third-order valence-electron chi connectivity index (χ3n) is 10.6. The number of carbonyl (C=O) groups is 4. The van der Waals surface area contributed by atoms with Crippen LogP contribution in [0.1, 0.15) is 56.2 Å². The summed E-state index contributed by atoms with van der Waals surface area (Å²) in [6.45, 7) is 7.50. The highest BCUT2D eigenvalue weighted by molar-refractivity contribution is 6.13. The maximum Gasteiger partial charge on any atom is 0.260 e. The van der Waals surface area contributed by atoms with E-state index in [1.54, 1.807) is 12.1 Å². The number of phenols is 1. The molecule has 0 aromatic heterocycles. The topological polar surface area (TPSA) is 116 Å². The zero-order chi connectivity index (χ0) is 33.4. The fourth-order valence-corrected chi connectivity index (χ4v) is 8.65. The number of allylic oxidation sites excluding steroid dienone is 2. The second-order valence-corrected chi connectivity index (χ2v) is 14.2. The Hall–Kier alpha value is -4.92. The Balaban J connectivity index is 1.46. The minimum Gasteiger partial charge on any atom is -0.508 e. The van der Waals surface area contributed by atoms with Crippen LogP contribution < -0.4 is 10.2 Å². The van der Waals surface area contributed by atoms with Crippen molar-refractivity contribution in [1.29, 1.82) is 0 Å². The molecule has 9 heteroatoms. The summed E-state index contributed by atoms with van der Waals surface area (Å²) in [4.78, 5) is 59.1. The number of methoxy groups -OCH3 is 1. The van der Waals surface area contributed by atoms with Crippen molar-refractivity contribution in [3.63, 3.8) is 0 Å². The van der Waals surface area contributed by atoms with Crippen molar-refractivity contribution in [2.75, 3.05) is 12.5 Å². The van der Waals surface area contributed by atoms with Gasteiger partial charge in [0.25, 0.3) is 11.8 Å². The van der Waals surface area contributed by atoms with Gasteiger partial charge in [-0.25, -0.2) is 0 Å². The van der Waals surface area contributed by atoms with Gasteiger partial charge in [-0.2, -0.15) is 5.01 Å². The number of anilines is 1. The van der Waals surface area contributed by atoms with Crippen LogP contribution in [0.25, 0.3) is 0 Å². The van der Waals surface area contributed by atoms with Gasteiger partial charge in [0.15, 0.2) is 0 Å². The molecule has 7 rings (SSSR count). The van der Waals surface area contributed by atoms with Gasteiger partial charge in [-0.3, -0.25) is 29.5 Å². The summed E-state index contributed by atoms with van der Waals surface area (Å²) in [6, 6.07) is 21.7. The molecule has 0 spiro atoms. The molecule has 1 saturated carbocycles. The molecule has 0 unspecified atom stereocenters. The largest absolute Gasteiger partial charge is 0.508 e. The Morgan fingerprint density at radius 1 is 0.894 bits per heavy atom. The highest BCUT2D eigenvalue weighted by Crippen LogP contribution is 2.65. The average Bonchev–Trinajstić information content (AvgIpc) is 3.43. The number of imide groups is 2. The van der Waals surface area contributed by atoms with E-state index >= 15 is 4.79 Å². The minimum absolute atomic E-state index is 0.0811. The number of rotatable bonds is 5. The van der Waals surface area contributed by atoms with Gasteiger partial charge in [-0.1, -0.05) is 65.7 Å². The van der Waals surface area contributed by atoms with E-state index in [1.165, 1.54) is 18.1 Å². The first-order chi connectivity index (χ1) is 22.4. The molecule has 2 heterocycles. The predicted octanol–water partition coefficient (Wildman–Crippen LogP) is 5.49. The van der Waals surface area contributed by atoms with E-state index < -0.39 is 52.4 Å². The van der Waals surface area contributed by atoms with E-state index in [1.807, 2.05) is 88.4 Å². The number of nitrogens with zero attached hydrogens (tertiary/aromatic N) is 2. The third kappa shape index (κ3) is 4.42. The lowest BCUT2D eigenvalue weighted by Gasteiger charge is -2.50. The lowest BCUT2D eigenvalue weighted by Crippen LogP contribution is -2.53. The molecule has 3 aromatic carbocycles. The Bertz CT molecular complexity index is 1830. The summed E-state index contributed by atoms with van der Waals surface area (Å²) in [7, 11) is 1.51. The zero-order valence-corrected chi connectivity index (χ0v) is 27.2. The number of ether oxygens (including phenoxy) is 1. The van der Waals surface area contributed by atoms with Gasteiger partial charge in [-0.05, 0) is 70.2 Å². The van der Waals surface area contributed by atoms with Crippen LogP contribution in [-0.4, -0.2) is 51.3 Å². The number of carbonyl (C=O) groups excluding carboxylic acids is 4. The van der Waals surface area contributed by atoms with Crippen molar-refractivity contribution in [2.45, 2.75) is 57.4 Å². The smallest absolute Gasteiger partial charge is 0.260 e. The van der Waals surface area contributed by atoms with Gasteiger partial charge in [0.2, 0.25) is 11.8 Å². The Labute approximate surface area is 274 Å². The maximum atomic E-state index is 15.1. The van der Waals surface area contributed by atoms with Gasteiger partial charge in [0.05, 0.1) is 36.0 Å². The molecule has 0 radical (unpaired) electrons. The Morgan fingerprint density at radius 3 is 2.23 bits per heavy atom. The number of likely N-dealkylation sites (tertiary alicyclic amines) is 1. The zero-order valence-electron chi connectivity index (χ0n) is 27.2. The van der Waals surface area contributed by atoms with Gasteiger partial charge in [0.1, 0.15) is 11.5 Å². The fraction of sp³-hybridized carbons (Fsp3) is 0.368. The van der Waals surface area contributed by atoms with Crippen LogP contribution in [0.3, 0.4) is 0 Å². The summed E-state index contributed by atoms with van der Waals surface area (Å²) in [6.07, 6.45) is 2.51. The van der Waals surface area contributed by atoms with E-state index in [4.69, 9.17) is 4.74 Å². The normalized spacial score (nSPS) is 28.5. The third-order valence-corrected chi connectivity index (χ3v) is 10.6. The number of benzene rings is 3. The molecule has 3 aromatic rings. The molecule has 242 valence electrons. The number of aryl methyl sites for hydroxylation is 1. The first-order valence-corrected chi connectivity index (χ1v) is 16.1. The van der Waals surface area contributed by atoms with Gasteiger partial charge < -0.3 is 9.84 Å². The molecular weight excluding hydrogens is 594 g/mol. The van der Waals surface area contributed by atoms with Crippen LogP contribution in [0.15, 0.2) is 84.4 Å². The minimum atomic E-state index is -1.45. The van der Waals surface area contributed by atoms with E-state index in [-0.39, 0.29) is 24.0 Å². The Kier molecular flexibility index (Phi) is 7.07. The SMILES string of the molecule is COc1ccc([C@H]2C3=CC[C@@H]4C(=O)N(C(C)(C)C)C(=O)[C@@H]4[C@@H]3C[C@H]3C(=O)N(Nc4ccc(C)cc4)C(=O)[C@@]23c2ccccc2)c(O)c1. The molecule has 2 aliphatic carbocycles. The van der Waals surface area contributed by atoms with Crippen LogP contribution >= 0.6 is 0 Å². The molecule has 2 saturated heterocycles. The lowest BCUT2D eigenvalue weighted by atomic mass is 9.49. The molecule has 3 fully saturated rings. The number of amides is 4. The summed E-state index contributed by atoms with van der Waals surface area (Å²) >= 11 is 0.